The maximum Gasteiger partial charge on any atom is 0.323 e. The van der Waals surface area contributed by atoms with Crippen LogP contribution in [0.15, 0.2) is 0 Å². The van der Waals surface area contributed by atoms with Crippen molar-refractivity contribution in [3.63, 3.8) is 0 Å². The fourth-order valence-electron chi connectivity index (χ4n) is 3.95. The van der Waals surface area contributed by atoms with Crippen LogP contribution in [0.5, 0.6) is 0 Å². The standard InChI is InChI=1S/C23H42O4/c1-4-7-9-11-16-20(15-6-3)27-22(25)23(17-12-10-13-18-23)21(24)26-19-14-8-5-2/h20H,4-19H2,1-3H3. The molecule has 1 fully saturated rings. The lowest BCUT2D eigenvalue weighted by Crippen LogP contribution is -2.45. The monoisotopic (exact) mass is 382 g/mol. The Morgan fingerprint density at radius 3 is 2.07 bits per heavy atom. The topological polar surface area (TPSA) is 52.6 Å². The van der Waals surface area contributed by atoms with Gasteiger partial charge in [0.25, 0.3) is 0 Å². The van der Waals surface area contributed by atoms with Gasteiger partial charge in [0.05, 0.1) is 6.61 Å². The largest absolute Gasteiger partial charge is 0.465 e. The van der Waals surface area contributed by atoms with E-state index < -0.39 is 5.41 Å². The van der Waals surface area contributed by atoms with Gasteiger partial charge in [-0.15, -0.1) is 0 Å². The third kappa shape index (κ3) is 8.23. The van der Waals surface area contributed by atoms with Crippen LogP contribution in [0.1, 0.15) is 117 Å². The molecule has 0 aromatic carbocycles. The van der Waals surface area contributed by atoms with E-state index in [1.54, 1.807) is 0 Å². The van der Waals surface area contributed by atoms with Crippen molar-refractivity contribution in [2.45, 2.75) is 123 Å². The van der Waals surface area contributed by atoms with Crippen molar-refractivity contribution >= 4 is 11.9 Å². The second kappa shape index (κ2) is 14.0. The lowest BCUT2D eigenvalue weighted by atomic mass is 9.74. The van der Waals surface area contributed by atoms with Crippen LogP contribution >= 0.6 is 0 Å². The van der Waals surface area contributed by atoms with Gasteiger partial charge in [-0.3, -0.25) is 9.59 Å². The van der Waals surface area contributed by atoms with Crippen LogP contribution in [0.25, 0.3) is 0 Å². The Balaban J connectivity index is 2.69. The summed E-state index contributed by atoms with van der Waals surface area (Å²) in [6.45, 7) is 6.85. The summed E-state index contributed by atoms with van der Waals surface area (Å²) in [7, 11) is 0. The van der Waals surface area contributed by atoms with E-state index in [0.29, 0.717) is 19.4 Å². The van der Waals surface area contributed by atoms with Crippen LogP contribution in [0, 0.1) is 5.41 Å². The van der Waals surface area contributed by atoms with Crippen molar-refractivity contribution in [2.75, 3.05) is 6.61 Å². The summed E-state index contributed by atoms with van der Waals surface area (Å²) in [4.78, 5) is 25.9. The molecule has 0 heterocycles. The van der Waals surface area contributed by atoms with Crippen LogP contribution < -0.4 is 0 Å². The van der Waals surface area contributed by atoms with Gasteiger partial charge in [-0.2, -0.15) is 0 Å². The zero-order chi connectivity index (χ0) is 20.0. The molecule has 4 nitrogen and oxygen atoms in total. The molecule has 158 valence electrons. The Morgan fingerprint density at radius 2 is 1.44 bits per heavy atom. The van der Waals surface area contributed by atoms with Gasteiger partial charge in [0, 0.05) is 0 Å². The summed E-state index contributed by atoms with van der Waals surface area (Å²) < 4.78 is 11.4. The van der Waals surface area contributed by atoms with Gasteiger partial charge in [-0.25, -0.2) is 0 Å². The minimum absolute atomic E-state index is 0.0638. The third-order valence-corrected chi connectivity index (χ3v) is 5.73. The van der Waals surface area contributed by atoms with Gasteiger partial charge in [-0.05, 0) is 38.5 Å². The molecule has 0 aromatic rings. The first kappa shape index (κ1) is 24.0. The number of unbranched alkanes of at least 4 members (excludes halogenated alkanes) is 5. The number of hydrogen-bond donors (Lipinski definition) is 0. The molecule has 0 radical (unpaired) electrons. The molecule has 1 saturated carbocycles. The van der Waals surface area contributed by atoms with Crippen LogP contribution in [0.4, 0.5) is 0 Å². The number of hydrogen-bond acceptors (Lipinski definition) is 4. The quantitative estimate of drug-likeness (QED) is 0.199. The SMILES string of the molecule is CCCCCCC(CCC)OC(=O)C1(C(=O)OCCCCC)CCCCC1. The fourth-order valence-corrected chi connectivity index (χ4v) is 3.95. The minimum Gasteiger partial charge on any atom is -0.465 e. The summed E-state index contributed by atoms with van der Waals surface area (Å²) in [6, 6.07) is 0. The van der Waals surface area contributed by atoms with E-state index in [4.69, 9.17) is 9.47 Å². The average Bonchev–Trinajstić information content (AvgIpc) is 2.69. The van der Waals surface area contributed by atoms with E-state index in [1.165, 1.54) is 19.3 Å². The van der Waals surface area contributed by atoms with Crippen LogP contribution in [0.3, 0.4) is 0 Å². The number of carbonyl (C=O) groups is 2. The van der Waals surface area contributed by atoms with Crippen LogP contribution in [0.2, 0.25) is 0 Å². The molecule has 1 unspecified atom stereocenters. The Morgan fingerprint density at radius 1 is 0.778 bits per heavy atom. The predicted octanol–water partition coefficient (Wildman–Crippen LogP) is 6.35. The zero-order valence-corrected chi connectivity index (χ0v) is 18.0. The molecule has 27 heavy (non-hydrogen) atoms. The highest BCUT2D eigenvalue weighted by Gasteiger charge is 2.49. The summed E-state index contributed by atoms with van der Waals surface area (Å²) in [5, 5.41) is 0. The molecule has 0 N–H and O–H groups in total. The van der Waals surface area contributed by atoms with Crippen molar-refractivity contribution < 1.29 is 19.1 Å². The summed E-state index contributed by atoms with van der Waals surface area (Å²) in [5.74, 6) is -0.666. The maximum absolute atomic E-state index is 13.1. The summed E-state index contributed by atoms with van der Waals surface area (Å²) in [6.07, 6.45) is 14.4. The lowest BCUT2D eigenvalue weighted by Gasteiger charge is -2.34. The molecule has 0 bridgehead atoms. The number of esters is 2. The Hall–Kier alpha value is -1.06. The molecule has 4 heteroatoms. The van der Waals surface area contributed by atoms with E-state index in [1.807, 2.05) is 0 Å². The van der Waals surface area contributed by atoms with Gasteiger partial charge < -0.3 is 9.47 Å². The Labute approximate surface area is 166 Å². The van der Waals surface area contributed by atoms with Crippen molar-refractivity contribution in [1.29, 1.82) is 0 Å². The molecule has 0 saturated heterocycles. The molecular formula is C23H42O4. The molecule has 1 atom stereocenters. The lowest BCUT2D eigenvalue weighted by molar-refractivity contribution is -0.179. The predicted molar refractivity (Wildman–Crippen MR) is 110 cm³/mol. The second-order valence-corrected chi connectivity index (χ2v) is 8.15. The smallest absolute Gasteiger partial charge is 0.323 e. The van der Waals surface area contributed by atoms with Gasteiger partial charge >= 0.3 is 11.9 Å². The van der Waals surface area contributed by atoms with Gasteiger partial charge in [0.1, 0.15) is 6.10 Å². The fraction of sp³-hybridized carbons (Fsp3) is 0.913. The molecule has 1 aliphatic carbocycles. The van der Waals surface area contributed by atoms with E-state index in [9.17, 15) is 9.59 Å². The van der Waals surface area contributed by atoms with Crippen LogP contribution in [-0.2, 0) is 19.1 Å². The van der Waals surface area contributed by atoms with Crippen molar-refractivity contribution in [3.8, 4) is 0 Å². The number of rotatable bonds is 14. The van der Waals surface area contributed by atoms with Gasteiger partial charge in [-0.1, -0.05) is 78.6 Å². The highest BCUT2D eigenvalue weighted by atomic mass is 16.6. The first-order valence-electron chi connectivity index (χ1n) is 11.5. The van der Waals surface area contributed by atoms with E-state index in [-0.39, 0.29) is 18.0 Å². The molecule has 1 aliphatic rings. The van der Waals surface area contributed by atoms with Gasteiger partial charge in [0.15, 0.2) is 5.41 Å². The van der Waals surface area contributed by atoms with E-state index in [0.717, 1.165) is 64.2 Å². The van der Waals surface area contributed by atoms with Crippen molar-refractivity contribution in [2.24, 2.45) is 5.41 Å². The molecular weight excluding hydrogens is 340 g/mol. The first-order chi connectivity index (χ1) is 13.1. The molecule has 0 aliphatic heterocycles. The van der Waals surface area contributed by atoms with Crippen molar-refractivity contribution in [1.82, 2.24) is 0 Å². The van der Waals surface area contributed by atoms with Crippen molar-refractivity contribution in [3.05, 3.63) is 0 Å². The number of carbonyl (C=O) groups excluding carboxylic acids is 2. The molecule has 0 amide bonds. The second-order valence-electron chi connectivity index (χ2n) is 8.15. The summed E-state index contributed by atoms with van der Waals surface area (Å²) >= 11 is 0. The summed E-state index contributed by atoms with van der Waals surface area (Å²) in [5.41, 5.74) is -1.06. The Bertz CT molecular complexity index is 413. The van der Waals surface area contributed by atoms with E-state index >= 15 is 0 Å². The molecule has 1 rings (SSSR count). The highest BCUT2D eigenvalue weighted by Crippen LogP contribution is 2.39. The van der Waals surface area contributed by atoms with E-state index in [2.05, 4.69) is 20.8 Å². The minimum atomic E-state index is -1.06. The number of ether oxygens (including phenoxy) is 2. The third-order valence-electron chi connectivity index (χ3n) is 5.73. The average molecular weight is 383 g/mol. The highest BCUT2D eigenvalue weighted by molar-refractivity contribution is 6.00. The molecule has 0 aromatic heterocycles. The van der Waals surface area contributed by atoms with Crippen LogP contribution in [-0.4, -0.2) is 24.6 Å². The van der Waals surface area contributed by atoms with Gasteiger partial charge in [0.2, 0.25) is 0 Å². The maximum atomic E-state index is 13.1. The Kier molecular flexibility index (Phi) is 12.4. The first-order valence-corrected chi connectivity index (χ1v) is 11.5. The normalized spacial score (nSPS) is 17.3. The molecule has 0 spiro atoms. The zero-order valence-electron chi connectivity index (χ0n) is 18.0.